The third-order valence-corrected chi connectivity index (χ3v) is 4.86. The summed E-state index contributed by atoms with van der Waals surface area (Å²) in [5.74, 6) is 0.946. The molecule has 2 aromatic carbocycles. The number of benzene rings is 2. The minimum Gasteiger partial charge on any atom is -1.00 e. The Kier molecular flexibility index (Phi) is 4.06. The van der Waals surface area contributed by atoms with Gasteiger partial charge in [-0.15, -0.1) is 0 Å². The first-order valence-corrected chi connectivity index (χ1v) is 7.60. The Bertz CT molecular complexity index is 615. The number of hydrogen-bond donors (Lipinski definition) is 0. The van der Waals surface area contributed by atoms with Gasteiger partial charge in [0.15, 0.2) is 0 Å². The molecule has 20 heavy (non-hydrogen) atoms. The van der Waals surface area contributed by atoms with Crippen molar-refractivity contribution in [2.24, 2.45) is 5.92 Å². The molecule has 4 rings (SSSR count). The predicted molar refractivity (Wildman–Crippen MR) is 81.5 cm³/mol. The molecule has 0 bridgehead atoms. The fraction of sp³-hybridized carbons (Fsp3) is 0.368. The summed E-state index contributed by atoms with van der Waals surface area (Å²) in [6.07, 6.45) is 8.20. The Balaban J connectivity index is 0.000000807. The van der Waals surface area contributed by atoms with E-state index in [1.807, 2.05) is 0 Å². The van der Waals surface area contributed by atoms with E-state index in [2.05, 4.69) is 42.5 Å². The molecule has 0 unspecified atom stereocenters. The van der Waals surface area contributed by atoms with Crippen LogP contribution in [0.25, 0.3) is 11.1 Å². The Morgan fingerprint density at radius 2 is 1.65 bits per heavy atom. The van der Waals surface area contributed by atoms with E-state index in [-0.39, 0.29) is 20.3 Å². The molecule has 0 atom stereocenters. The molecule has 0 radical (unpaired) electrons. The van der Waals surface area contributed by atoms with Crippen molar-refractivity contribution in [1.29, 1.82) is 0 Å². The zero-order valence-electron chi connectivity index (χ0n) is 13.4. The molecule has 2 aromatic rings. The van der Waals surface area contributed by atoms with Gasteiger partial charge in [0, 0.05) is 0 Å². The van der Waals surface area contributed by atoms with Crippen LogP contribution in [0.15, 0.2) is 42.5 Å². The summed E-state index contributed by atoms with van der Waals surface area (Å²) in [6.45, 7) is 0. The van der Waals surface area contributed by atoms with E-state index in [9.17, 15) is 0 Å². The molecular weight excluding hydrogens is 235 g/mol. The minimum atomic E-state index is 0. The van der Waals surface area contributed by atoms with Gasteiger partial charge in [0.2, 0.25) is 0 Å². The summed E-state index contributed by atoms with van der Waals surface area (Å²) < 4.78 is 0. The number of rotatable bonds is 2. The van der Waals surface area contributed by atoms with Crippen molar-refractivity contribution >= 4 is 0 Å². The molecule has 0 spiro atoms. The quantitative estimate of drug-likeness (QED) is 0.616. The van der Waals surface area contributed by atoms with Crippen LogP contribution in [0.3, 0.4) is 0 Å². The van der Waals surface area contributed by atoms with Crippen LogP contribution in [0, 0.1) is 5.92 Å². The van der Waals surface area contributed by atoms with Crippen molar-refractivity contribution in [3.05, 3.63) is 59.2 Å². The van der Waals surface area contributed by atoms with Gasteiger partial charge < -0.3 is 1.43 Å². The molecule has 0 heterocycles. The van der Waals surface area contributed by atoms with Crippen molar-refractivity contribution in [1.82, 2.24) is 0 Å². The van der Waals surface area contributed by atoms with Gasteiger partial charge in [-0.2, -0.15) is 0 Å². The van der Waals surface area contributed by atoms with E-state index in [1.54, 1.807) is 5.56 Å². The molecule has 98 valence electrons. The first-order chi connectivity index (χ1) is 9.40. The zero-order valence-corrected chi connectivity index (χ0v) is 12.4. The summed E-state index contributed by atoms with van der Waals surface area (Å²) in [5, 5.41) is 0. The van der Waals surface area contributed by atoms with E-state index < -0.39 is 0 Å². The van der Waals surface area contributed by atoms with Crippen molar-refractivity contribution in [2.75, 3.05) is 0 Å². The Morgan fingerprint density at radius 3 is 2.50 bits per heavy atom. The second-order valence-corrected chi connectivity index (χ2v) is 6.18. The third kappa shape index (κ3) is 2.48. The van der Waals surface area contributed by atoms with E-state index in [1.165, 1.54) is 54.4 Å². The molecule has 0 amide bonds. The van der Waals surface area contributed by atoms with Crippen LogP contribution in [0.1, 0.15) is 43.8 Å². The zero-order chi connectivity index (χ0) is 12.7. The van der Waals surface area contributed by atoms with Gasteiger partial charge in [0.25, 0.3) is 0 Å². The largest absolute Gasteiger partial charge is 1.00 e. The first kappa shape index (κ1) is 14.0. The predicted octanol–water partition coefficient (Wildman–Crippen LogP) is 2.11. The summed E-state index contributed by atoms with van der Waals surface area (Å²) in [6, 6.07) is 16.0. The normalized spacial score (nSPS) is 16.6. The summed E-state index contributed by atoms with van der Waals surface area (Å²) >= 11 is 0. The second-order valence-electron chi connectivity index (χ2n) is 6.18. The third-order valence-electron chi connectivity index (χ3n) is 4.86. The monoisotopic (exact) mass is 256 g/mol. The molecule has 0 saturated heterocycles. The van der Waals surface area contributed by atoms with Crippen LogP contribution in [0.4, 0.5) is 0 Å². The molecular formula is C19H21Li. The topological polar surface area (TPSA) is 0 Å². The van der Waals surface area contributed by atoms with Crippen molar-refractivity contribution in [2.45, 2.75) is 38.5 Å². The van der Waals surface area contributed by atoms with E-state index in [0.717, 1.165) is 12.3 Å². The molecule has 1 saturated carbocycles. The van der Waals surface area contributed by atoms with Crippen LogP contribution in [0.5, 0.6) is 0 Å². The van der Waals surface area contributed by atoms with Gasteiger partial charge >= 0.3 is 18.9 Å². The van der Waals surface area contributed by atoms with Gasteiger partial charge in [-0.3, -0.25) is 0 Å². The average molecular weight is 256 g/mol. The number of hydrogen-bond acceptors (Lipinski definition) is 0. The molecule has 2 aliphatic carbocycles. The SMILES string of the molecule is [H-].[Li+].c1ccc2c(c1)Cc1cc(CC3CCCC3)ccc1-2. The smallest absolute Gasteiger partial charge is 1.00 e. The van der Waals surface area contributed by atoms with E-state index in [4.69, 9.17) is 0 Å². The van der Waals surface area contributed by atoms with E-state index >= 15 is 0 Å². The molecule has 1 fully saturated rings. The van der Waals surface area contributed by atoms with E-state index in [0.29, 0.717) is 0 Å². The van der Waals surface area contributed by atoms with Crippen LogP contribution < -0.4 is 18.9 Å². The first-order valence-electron chi connectivity index (χ1n) is 7.60. The van der Waals surface area contributed by atoms with Crippen LogP contribution in [-0.4, -0.2) is 0 Å². The molecule has 0 aliphatic heterocycles. The van der Waals surface area contributed by atoms with Crippen LogP contribution >= 0.6 is 0 Å². The Labute approximate surface area is 135 Å². The van der Waals surface area contributed by atoms with Crippen molar-refractivity contribution < 1.29 is 20.3 Å². The molecule has 2 aliphatic rings. The molecule has 0 aromatic heterocycles. The van der Waals surface area contributed by atoms with Gasteiger partial charge in [-0.1, -0.05) is 68.1 Å². The standard InChI is InChI=1S/C19H20.Li.H/c1-2-6-14(5-1)11-15-9-10-19-17(12-15)13-16-7-3-4-8-18(16)19;;/h3-4,7-10,12,14H,1-2,5-6,11,13H2;;/q;+1;-1. The van der Waals surface area contributed by atoms with Gasteiger partial charge in [-0.25, -0.2) is 0 Å². The molecule has 0 nitrogen and oxygen atoms in total. The van der Waals surface area contributed by atoms with Gasteiger partial charge in [0.05, 0.1) is 0 Å². The van der Waals surface area contributed by atoms with Crippen LogP contribution in [0.2, 0.25) is 0 Å². The molecule has 0 N–H and O–H groups in total. The summed E-state index contributed by atoms with van der Waals surface area (Å²) in [4.78, 5) is 0. The average Bonchev–Trinajstić information content (AvgIpc) is 3.05. The summed E-state index contributed by atoms with van der Waals surface area (Å²) in [7, 11) is 0. The second kappa shape index (κ2) is 5.80. The maximum absolute atomic E-state index is 2.47. The van der Waals surface area contributed by atoms with Gasteiger partial charge in [0.1, 0.15) is 0 Å². The minimum absolute atomic E-state index is 0. The van der Waals surface area contributed by atoms with Crippen LogP contribution in [-0.2, 0) is 12.8 Å². The fourth-order valence-corrected chi connectivity index (χ4v) is 3.87. The van der Waals surface area contributed by atoms with Crippen molar-refractivity contribution in [3.63, 3.8) is 0 Å². The maximum atomic E-state index is 2.47. The fourth-order valence-electron chi connectivity index (χ4n) is 3.87. The van der Waals surface area contributed by atoms with Crippen molar-refractivity contribution in [3.8, 4) is 11.1 Å². The molecule has 1 heteroatoms. The van der Waals surface area contributed by atoms with Gasteiger partial charge in [-0.05, 0) is 46.6 Å². The summed E-state index contributed by atoms with van der Waals surface area (Å²) in [5.41, 5.74) is 7.50. The Morgan fingerprint density at radius 1 is 0.900 bits per heavy atom. The number of fused-ring (bicyclic) bond motifs is 3. The Hall–Kier alpha value is -0.963. The maximum Gasteiger partial charge on any atom is 1.00 e.